The number of nitrogens with zero attached hydrogens (tertiary/aromatic N) is 3. The Morgan fingerprint density at radius 1 is 1.26 bits per heavy atom. The minimum atomic E-state index is -0.359. The highest BCUT2D eigenvalue weighted by atomic mass is 16.5. The number of esters is 1. The highest BCUT2D eigenvalue weighted by molar-refractivity contribution is 5.93. The third-order valence-electron chi connectivity index (χ3n) is 5.18. The molecule has 0 radical (unpaired) electrons. The first-order valence-corrected chi connectivity index (χ1v) is 9.64. The molecular formula is C20H30N4O3. The van der Waals surface area contributed by atoms with E-state index in [2.05, 4.69) is 16.0 Å². The lowest BCUT2D eigenvalue weighted by Gasteiger charge is -2.27. The second-order valence-corrected chi connectivity index (χ2v) is 7.23. The van der Waals surface area contributed by atoms with E-state index in [4.69, 9.17) is 4.74 Å². The van der Waals surface area contributed by atoms with E-state index >= 15 is 0 Å². The van der Waals surface area contributed by atoms with Crippen molar-refractivity contribution in [3.63, 3.8) is 0 Å². The largest absolute Gasteiger partial charge is 0.465 e. The Balaban J connectivity index is 2.17. The van der Waals surface area contributed by atoms with Gasteiger partial charge < -0.3 is 14.6 Å². The summed E-state index contributed by atoms with van der Waals surface area (Å²) in [5.41, 5.74) is 2.48. The smallest absolute Gasteiger partial charge is 0.320 e. The van der Waals surface area contributed by atoms with E-state index in [-0.39, 0.29) is 25.0 Å². The first-order chi connectivity index (χ1) is 12.9. The van der Waals surface area contributed by atoms with Crippen molar-refractivity contribution in [3.8, 4) is 6.07 Å². The van der Waals surface area contributed by atoms with Crippen molar-refractivity contribution in [2.75, 3.05) is 32.1 Å². The molecule has 1 aromatic rings. The molecule has 0 bridgehead atoms. The van der Waals surface area contributed by atoms with Crippen LogP contribution in [-0.4, -0.2) is 48.1 Å². The summed E-state index contributed by atoms with van der Waals surface area (Å²) in [6.45, 7) is 6.10. The maximum atomic E-state index is 12.6. The van der Waals surface area contributed by atoms with Crippen molar-refractivity contribution < 1.29 is 14.3 Å². The number of carbonyl (C=O) groups excluding carboxylic acids is 2. The predicted molar refractivity (Wildman–Crippen MR) is 104 cm³/mol. The number of ether oxygens (including phenoxy) is 1. The molecule has 148 valence electrons. The van der Waals surface area contributed by atoms with Gasteiger partial charge in [-0.2, -0.15) is 5.26 Å². The zero-order chi connectivity index (χ0) is 20.0. The summed E-state index contributed by atoms with van der Waals surface area (Å²) in [5, 5.41) is 12.6. The maximum absolute atomic E-state index is 12.6. The van der Waals surface area contributed by atoms with E-state index in [9.17, 15) is 14.9 Å². The second-order valence-electron chi connectivity index (χ2n) is 7.23. The first kappa shape index (κ1) is 21.0. The standard InChI is InChI=1S/C20H30N4O3/c1-5-27-19(26)13-23(4)12-18(25)22-20-17(11-21)14(2)15(3)24(20)16-9-7-6-8-10-16/h16H,5-10,12-13H2,1-4H3,(H,22,25). The third kappa shape index (κ3) is 5.10. The summed E-state index contributed by atoms with van der Waals surface area (Å²) in [6.07, 6.45) is 5.69. The van der Waals surface area contributed by atoms with Crippen molar-refractivity contribution in [2.24, 2.45) is 0 Å². The summed E-state index contributed by atoms with van der Waals surface area (Å²) in [6, 6.07) is 2.56. The van der Waals surface area contributed by atoms with Gasteiger partial charge >= 0.3 is 5.97 Å². The minimum absolute atomic E-state index is 0.0497. The fourth-order valence-electron chi connectivity index (χ4n) is 3.78. The number of anilines is 1. The molecule has 1 aromatic heterocycles. The van der Waals surface area contributed by atoms with Crippen molar-refractivity contribution in [2.45, 2.75) is 58.9 Å². The number of hydrogen-bond acceptors (Lipinski definition) is 5. The molecule has 27 heavy (non-hydrogen) atoms. The zero-order valence-corrected chi connectivity index (χ0v) is 16.8. The summed E-state index contributed by atoms with van der Waals surface area (Å²) in [5.74, 6) is -0.00965. The van der Waals surface area contributed by atoms with Crippen LogP contribution in [0.1, 0.15) is 61.9 Å². The van der Waals surface area contributed by atoms with E-state index in [0.29, 0.717) is 24.0 Å². The number of rotatable bonds is 7. The van der Waals surface area contributed by atoms with Gasteiger partial charge in [-0.1, -0.05) is 19.3 Å². The Bertz CT molecular complexity index is 727. The van der Waals surface area contributed by atoms with Gasteiger partial charge in [0.15, 0.2) is 0 Å². The molecular weight excluding hydrogens is 344 g/mol. The molecule has 0 spiro atoms. The molecule has 0 aliphatic heterocycles. The summed E-state index contributed by atoms with van der Waals surface area (Å²) >= 11 is 0. The van der Waals surface area contributed by atoms with Crippen molar-refractivity contribution in [1.29, 1.82) is 5.26 Å². The number of nitriles is 1. The minimum Gasteiger partial charge on any atom is -0.465 e. The van der Waals surface area contributed by atoms with Crippen LogP contribution in [0.5, 0.6) is 0 Å². The Morgan fingerprint density at radius 2 is 1.93 bits per heavy atom. The summed E-state index contributed by atoms with van der Waals surface area (Å²) in [7, 11) is 1.69. The van der Waals surface area contributed by atoms with Gasteiger partial charge in [-0.3, -0.25) is 14.5 Å². The first-order valence-electron chi connectivity index (χ1n) is 9.64. The zero-order valence-electron chi connectivity index (χ0n) is 16.8. The van der Waals surface area contributed by atoms with Gasteiger partial charge in [0.05, 0.1) is 25.3 Å². The molecule has 0 aromatic carbocycles. The second kappa shape index (κ2) is 9.56. The average molecular weight is 374 g/mol. The van der Waals surface area contributed by atoms with Gasteiger partial charge in [-0.05, 0) is 46.2 Å². The predicted octanol–water partition coefficient (Wildman–Crippen LogP) is 2.92. The average Bonchev–Trinajstić information content (AvgIpc) is 2.85. The van der Waals surface area contributed by atoms with Crippen LogP contribution in [-0.2, 0) is 14.3 Å². The molecule has 0 unspecified atom stereocenters. The molecule has 2 rings (SSSR count). The summed E-state index contributed by atoms with van der Waals surface area (Å²) < 4.78 is 7.04. The van der Waals surface area contributed by atoms with Gasteiger partial charge in [0.2, 0.25) is 5.91 Å². The number of amides is 1. The van der Waals surface area contributed by atoms with Crippen LogP contribution in [0.2, 0.25) is 0 Å². The SMILES string of the molecule is CCOC(=O)CN(C)CC(=O)Nc1c(C#N)c(C)c(C)n1C1CCCCC1. The lowest BCUT2D eigenvalue weighted by molar-refractivity contribution is -0.144. The Kier molecular flexibility index (Phi) is 7.43. The van der Waals surface area contributed by atoms with Crippen LogP contribution in [0.3, 0.4) is 0 Å². The van der Waals surface area contributed by atoms with Crippen LogP contribution in [0.25, 0.3) is 0 Å². The molecule has 1 aliphatic carbocycles. The van der Waals surface area contributed by atoms with Gasteiger partial charge in [-0.15, -0.1) is 0 Å². The molecule has 1 heterocycles. The van der Waals surface area contributed by atoms with Gasteiger partial charge in [0, 0.05) is 11.7 Å². The lowest BCUT2D eigenvalue weighted by atomic mass is 9.95. The number of likely N-dealkylation sites (N-methyl/N-ethyl adjacent to an activating group) is 1. The highest BCUT2D eigenvalue weighted by Crippen LogP contribution is 2.36. The third-order valence-corrected chi connectivity index (χ3v) is 5.18. The fraction of sp³-hybridized carbons (Fsp3) is 0.650. The Labute approximate surface area is 161 Å². The number of hydrogen-bond donors (Lipinski definition) is 1. The van der Waals surface area contributed by atoms with Crippen LogP contribution >= 0.6 is 0 Å². The van der Waals surface area contributed by atoms with E-state index in [1.165, 1.54) is 19.3 Å². The van der Waals surface area contributed by atoms with Crippen molar-refractivity contribution >= 4 is 17.7 Å². The maximum Gasteiger partial charge on any atom is 0.320 e. The van der Waals surface area contributed by atoms with Crippen LogP contribution in [0, 0.1) is 25.2 Å². The molecule has 0 atom stereocenters. The van der Waals surface area contributed by atoms with Gasteiger partial charge in [0.1, 0.15) is 11.9 Å². The fourth-order valence-corrected chi connectivity index (χ4v) is 3.78. The van der Waals surface area contributed by atoms with E-state index in [1.807, 2.05) is 13.8 Å². The monoisotopic (exact) mass is 374 g/mol. The number of nitrogens with one attached hydrogen (secondary N) is 1. The molecule has 1 aliphatic rings. The molecule has 7 heteroatoms. The van der Waals surface area contributed by atoms with E-state index in [0.717, 1.165) is 24.1 Å². The molecule has 1 N–H and O–H groups in total. The lowest BCUT2D eigenvalue weighted by Crippen LogP contribution is -2.35. The van der Waals surface area contributed by atoms with E-state index < -0.39 is 0 Å². The number of carbonyl (C=O) groups is 2. The van der Waals surface area contributed by atoms with Gasteiger partial charge in [0.25, 0.3) is 0 Å². The van der Waals surface area contributed by atoms with Crippen LogP contribution < -0.4 is 5.32 Å². The quantitative estimate of drug-likeness (QED) is 0.742. The summed E-state index contributed by atoms with van der Waals surface area (Å²) in [4.78, 5) is 25.7. The van der Waals surface area contributed by atoms with Crippen LogP contribution in [0.15, 0.2) is 0 Å². The molecule has 0 saturated heterocycles. The van der Waals surface area contributed by atoms with Gasteiger partial charge in [-0.25, -0.2) is 0 Å². The molecule has 1 saturated carbocycles. The topological polar surface area (TPSA) is 87.4 Å². The van der Waals surface area contributed by atoms with E-state index in [1.54, 1.807) is 18.9 Å². The van der Waals surface area contributed by atoms with Crippen molar-refractivity contribution in [3.05, 3.63) is 16.8 Å². The number of aromatic nitrogens is 1. The van der Waals surface area contributed by atoms with Crippen LogP contribution in [0.4, 0.5) is 5.82 Å². The Hall–Kier alpha value is -2.33. The normalized spacial score (nSPS) is 14.8. The Morgan fingerprint density at radius 3 is 2.52 bits per heavy atom. The molecule has 1 amide bonds. The molecule has 7 nitrogen and oxygen atoms in total. The van der Waals surface area contributed by atoms with Crippen molar-refractivity contribution in [1.82, 2.24) is 9.47 Å². The molecule has 1 fully saturated rings. The highest BCUT2D eigenvalue weighted by Gasteiger charge is 2.26.